The minimum absolute atomic E-state index is 0.0917. The molecule has 0 spiro atoms. The Kier molecular flexibility index (Phi) is 5.12. The molecule has 24 heavy (non-hydrogen) atoms. The van der Waals surface area contributed by atoms with E-state index in [0.29, 0.717) is 6.04 Å². The lowest BCUT2D eigenvalue weighted by atomic mass is 10.0. The SMILES string of the molecule is Cc1cccc(NC2CCN(C(=O)C#Cc3ccccc3)CC2)n1. The summed E-state index contributed by atoms with van der Waals surface area (Å²) in [6, 6.07) is 15.9. The number of piperidine rings is 1. The number of likely N-dealkylation sites (tertiary alicyclic amines) is 1. The molecule has 1 aromatic heterocycles. The number of anilines is 1. The van der Waals surface area contributed by atoms with Gasteiger partial charge in [-0.25, -0.2) is 4.98 Å². The van der Waals surface area contributed by atoms with E-state index in [2.05, 4.69) is 22.1 Å². The molecule has 1 aliphatic heterocycles. The third-order valence-corrected chi connectivity index (χ3v) is 4.11. The number of aryl methyl sites for hydroxylation is 1. The fourth-order valence-electron chi connectivity index (χ4n) is 2.79. The highest BCUT2D eigenvalue weighted by molar-refractivity contribution is 5.94. The van der Waals surface area contributed by atoms with Crippen LogP contribution in [0.15, 0.2) is 48.5 Å². The molecule has 4 nitrogen and oxygen atoms in total. The number of pyridine rings is 1. The van der Waals surface area contributed by atoms with E-state index in [1.54, 1.807) is 0 Å². The standard InChI is InChI=1S/C20H21N3O/c1-16-6-5-9-19(21-16)22-18-12-14-23(15-13-18)20(24)11-10-17-7-3-2-4-8-17/h2-9,18H,12-15H2,1H3,(H,21,22). The van der Waals surface area contributed by atoms with E-state index in [9.17, 15) is 4.79 Å². The van der Waals surface area contributed by atoms with Crippen molar-refractivity contribution in [1.82, 2.24) is 9.88 Å². The monoisotopic (exact) mass is 319 g/mol. The number of hydrogen-bond acceptors (Lipinski definition) is 3. The molecule has 1 N–H and O–H groups in total. The van der Waals surface area contributed by atoms with Crippen LogP contribution in [0.25, 0.3) is 0 Å². The highest BCUT2D eigenvalue weighted by Crippen LogP contribution is 2.15. The van der Waals surface area contributed by atoms with Gasteiger partial charge in [0.2, 0.25) is 0 Å². The van der Waals surface area contributed by atoms with Gasteiger partial charge < -0.3 is 10.2 Å². The summed E-state index contributed by atoms with van der Waals surface area (Å²) >= 11 is 0. The van der Waals surface area contributed by atoms with Crippen LogP contribution in [0.2, 0.25) is 0 Å². The molecular weight excluding hydrogens is 298 g/mol. The smallest absolute Gasteiger partial charge is 0.298 e. The van der Waals surface area contributed by atoms with Gasteiger partial charge in [-0.15, -0.1) is 0 Å². The van der Waals surface area contributed by atoms with Crippen LogP contribution in [0.3, 0.4) is 0 Å². The van der Waals surface area contributed by atoms with E-state index in [0.717, 1.165) is 43.0 Å². The average Bonchev–Trinajstić information content (AvgIpc) is 2.61. The molecule has 1 amide bonds. The Hall–Kier alpha value is -2.80. The van der Waals surface area contributed by atoms with Gasteiger partial charge in [-0.2, -0.15) is 0 Å². The molecule has 1 aromatic carbocycles. The normalized spacial score (nSPS) is 14.6. The van der Waals surface area contributed by atoms with Crippen LogP contribution < -0.4 is 5.32 Å². The Morgan fingerprint density at radius 3 is 2.58 bits per heavy atom. The first kappa shape index (κ1) is 16.1. The van der Waals surface area contributed by atoms with E-state index in [1.165, 1.54) is 0 Å². The van der Waals surface area contributed by atoms with Crippen LogP contribution in [-0.2, 0) is 4.79 Å². The van der Waals surface area contributed by atoms with Gasteiger partial charge in [0, 0.05) is 36.3 Å². The highest BCUT2D eigenvalue weighted by atomic mass is 16.2. The Bertz CT molecular complexity index is 753. The predicted octanol–water partition coefficient (Wildman–Crippen LogP) is 2.84. The molecule has 3 rings (SSSR count). The quantitative estimate of drug-likeness (QED) is 0.866. The van der Waals surface area contributed by atoms with Gasteiger partial charge in [-0.1, -0.05) is 30.2 Å². The third-order valence-electron chi connectivity index (χ3n) is 4.11. The van der Waals surface area contributed by atoms with Crippen LogP contribution in [0.1, 0.15) is 24.1 Å². The number of carbonyl (C=O) groups is 1. The van der Waals surface area contributed by atoms with Gasteiger partial charge in [0.15, 0.2) is 0 Å². The molecule has 0 atom stereocenters. The zero-order valence-corrected chi connectivity index (χ0v) is 13.8. The van der Waals surface area contributed by atoms with E-state index in [4.69, 9.17) is 0 Å². The first-order chi connectivity index (χ1) is 11.7. The van der Waals surface area contributed by atoms with Crippen molar-refractivity contribution in [2.75, 3.05) is 18.4 Å². The van der Waals surface area contributed by atoms with Crippen LogP contribution in [0, 0.1) is 18.8 Å². The zero-order valence-electron chi connectivity index (χ0n) is 13.8. The number of aromatic nitrogens is 1. The predicted molar refractivity (Wildman–Crippen MR) is 95.5 cm³/mol. The van der Waals surface area contributed by atoms with Gasteiger partial charge >= 0.3 is 0 Å². The Morgan fingerprint density at radius 1 is 1.12 bits per heavy atom. The van der Waals surface area contributed by atoms with Crippen molar-refractivity contribution in [2.45, 2.75) is 25.8 Å². The molecule has 2 aromatic rings. The first-order valence-electron chi connectivity index (χ1n) is 8.27. The zero-order chi connectivity index (χ0) is 16.8. The third kappa shape index (κ3) is 4.36. The van der Waals surface area contributed by atoms with E-state index < -0.39 is 0 Å². The van der Waals surface area contributed by atoms with Crippen molar-refractivity contribution >= 4 is 11.7 Å². The second-order valence-electron chi connectivity index (χ2n) is 5.99. The number of hydrogen-bond donors (Lipinski definition) is 1. The van der Waals surface area contributed by atoms with Crippen molar-refractivity contribution in [3.63, 3.8) is 0 Å². The molecular formula is C20H21N3O. The fraction of sp³-hybridized carbons (Fsp3) is 0.300. The summed E-state index contributed by atoms with van der Waals surface area (Å²) in [6.07, 6.45) is 1.82. The van der Waals surface area contributed by atoms with Gasteiger partial charge in [-0.05, 0) is 44.0 Å². The van der Waals surface area contributed by atoms with Crippen molar-refractivity contribution in [3.05, 3.63) is 59.8 Å². The maximum atomic E-state index is 12.2. The second kappa shape index (κ2) is 7.65. The van der Waals surface area contributed by atoms with Crippen LogP contribution in [-0.4, -0.2) is 34.9 Å². The van der Waals surface area contributed by atoms with Crippen LogP contribution in [0.5, 0.6) is 0 Å². The number of rotatable bonds is 2. The largest absolute Gasteiger partial charge is 0.367 e. The highest BCUT2D eigenvalue weighted by Gasteiger charge is 2.21. The van der Waals surface area contributed by atoms with Gasteiger partial charge in [0.05, 0.1) is 0 Å². The molecule has 0 bridgehead atoms. The summed E-state index contributed by atoms with van der Waals surface area (Å²) in [7, 11) is 0. The topological polar surface area (TPSA) is 45.2 Å². The van der Waals surface area contributed by atoms with Gasteiger partial charge in [-0.3, -0.25) is 4.79 Å². The molecule has 0 aliphatic carbocycles. The van der Waals surface area contributed by atoms with Crippen molar-refractivity contribution in [1.29, 1.82) is 0 Å². The van der Waals surface area contributed by atoms with Crippen molar-refractivity contribution in [3.8, 4) is 11.8 Å². The molecule has 0 unspecified atom stereocenters. The first-order valence-corrected chi connectivity index (χ1v) is 8.27. The molecule has 4 heteroatoms. The summed E-state index contributed by atoms with van der Waals surface area (Å²) in [5.74, 6) is 6.49. The second-order valence-corrected chi connectivity index (χ2v) is 5.99. The van der Waals surface area contributed by atoms with Gasteiger partial charge in [0.25, 0.3) is 5.91 Å². The van der Waals surface area contributed by atoms with Crippen LogP contribution >= 0.6 is 0 Å². The summed E-state index contributed by atoms with van der Waals surface area (Å²) in [6.45, 7) is 3.44. The number of carbonyl (C=O) groups excluding carboxylic acids is 1. The van der Waals surface area contributed by atoms with Crippen molar-refractivity contribution in [2.24, 2.45) is 0 Å². The van der Waals surface area contributed by atoms with E-state index in [1.807, 2.05) is 60.4 Å². The molecule has 0 saturated carbocycles. The van der Waals surface area contributed by atoms with E-state index >= 15 is 0 Å². The Morgan fingerprint density at radius 2 is 1.88 bits per heavy atom. The maximum absolute atomic E-state index is 12.2. The van der Waals surface area contributed by atoms with E-state index in [-0.39, 0.29) is 5.91 Å². The fourth-order valence-corrected chi connectivity index (χ4v) is 2.79. The lowest BCUT2D eigenvalue weighted by molar-refractivity contribution is -0.126. The average molecular weight is 319 g/mol. The molecule has 122 valence electrons. The minimum Gasteiger partial charge on any atom is -0.367 e. The van der Waals surface area contributed by atoms with Gasteiger partial charge in [0.1, 0.15) is 5.82 Å². The van der Waals surface area contributed by atoms with Crippen LogP contribution in [0.4, 0.5) is 5.82 Å². The number of benzene rings is 1. The maximum Gasteiger partial charge on any atom is 0.298 e. The molecule has 1 fully saturated rings. The summed E-state index contributed by atoms with van der Waals surface area (Å²) in [5, 5.41) is 3.45. The summed E-state index contributed by atoms with van der Waals surface area (Å²) in [4.78, 5) is 18.5. The van der Waals surface area contributed by atoms with Crippen molar-refractivity contribution < 1.29 is 4.79 Å². The lowest BCUT2D eigenvalue weighted by Crippen LogP contribution is -2.42. The summed E-state index contributed by atoms with van der Waals surface area (Å²) < 4.78 is 0. The number of nitrogens with one attached hydrogen (secondary N) is 1. The molecule has 1 saturated heterocycles. The Balaban J connectivity index is 1.51. The summed E-state index contributed by atoms with van der Waals surface area (Å²) in [5.41, 5.74) is 1.87. The molecule has 1 aliphatic rings. The number of nitrogens with zero attached hydrogens (tertiary/aromatic N) is 2. The number of amides is 1. The minimum atomic E-state index is -0.0917. The molecule has 2 heterocycles. The lowest BCUT2D eigenvalue weighted by Gasteiger charge is -2.31. The molecule has 0 radical (unpaired) electrons. The Labute approximate surface area is 142 Å².